The number of piperazine rings is 1. The van der Waals surface area contributed by atoms with Gasteiger partial charge in [0.05, 0.1) is 16.8 Å². The van der Waals surface area contributed by atoms with Crippen LogP contribution in [0, 0.1) is 13.8 Å². The van der Waals surface area contributed by atoms with E-state index in [1.165, 1.54) is 0 Å². The van der Waals surface area contributed by atoms with Crippen molar-refractivity contribution in [2.75, 3.05) is 30.3 Å². The summed E-state index contributed by atoms with van der Waals surface area (Å²) in [5, 5.41) is 1.84. The molecule has 7 heteroatoms. The van der Waals surface area contributed by atoms with Crippen LogP contribution in [0.25, 0.3) is 0 Å². The van der Waals surface area contributed by atoms with E-state index in [-0.39, 0.29) is 11.9 Å². The van der Waals surface area contributed by atoms with E-state index in [0.29, 0.717) is 46.0 Å². The molecule has 0 bridgehead atoms. The van der Waals surface area contributed by atoms with Crippen molar-refractivity contribution in [1.82, 2.24) is 4.90 Å². The van der Waals surface area contributed by atoms with Crippen LogP contribution in [-0.4, -0.2) is 30.4 Å². The lowest BCUT2D eigenvalue weighted by Crippen LogP contribution is -2.51. The van der Waals surface area contributed by atoms with Gasteiger partial charge in [0, 0.05) is 40.9 Å². The van der Waals surface area contributed by atoms with E-state index in [4.69, 9.17) is 40.5 Å². The van der Waals surface area contributed by atoms with Gasteiger partial charge in [-0.2, -0.15) is 0 Å². The molecule has 1 saturated heterocycles. The van der Waals surface area contributed by atoms with Gasteiger partial charge in [-0.25, -0.2) is 0 Å². The van der Waals surface area contributed by atoms with Crippen LogP contribution in [0.15, 0.2) is 54.6 Å². The molecule has 1 fully saturated rings. The Hall–Kier alpha value is -2.40. The summed E-state index contributed by atoms with van der Waals surface area (Å²) in [6.45, 7) is 5.58. The second kappa shape index (κ2) is 9.22. The van der Waals surface area contributed by atoms with Gasteiger partial charge in [0.15, 0.2) is 0 Å². The highest BCUT2D eigenvalue weighted by Gasteiger charge is 2.33. The number of carbonyl (C=O) groups is 1. The fourth-order valence-corrected chi connectivity index (χ4v) is 5.08. The summed E-state index contributed by atoms with van der Waals surface area (Å²) in [6, 6.07) is 16.9. The average Bonchev–Trinajstić information content (AvgIpc) is 2.73. The lowest BCUT2D eigenvalue weighted by Gasteiger charge is -2.43. The van der Waals surface area contributed by atoms with Crippen LogP contribution < -0.4 is 10.6 Å². The molecule has 0 aromatic heterocycles. The van der Waals surface area contributed by atoms with E-state index in [0.717, 1.165) is 22.4 Å². The van der Waals surface area contributed by atoms with Crippen molar-refractivity contribution in [3.8, 4) is 0 Å². The van der Waals surface area contributed by atoms with Gasteiger partial charge >= 0.3 is 0 Å². The monoisotopic (exact) mass is 487 g/mol. The van der Waals surface area contributed by atoms with Gasteiger partial charge in [-0.3, -0.25) is 4.79 Å². The van der Waals surface area contributed by atoms with Crippen molar-refractivity contribution in [1.29, 1.82) is 0 Å². The number of halogens is 3. The van der Waals surface area contributed by atoms with Crippen molar-refractivity contribution in [2.24, 2.45) is 0 Å². The molecule has 0 spiro atoms. The molecule has 32 heavy (non-hydrogen) atoms. The van der Waals surface area contributed by atoms with Crippen molar-refractivity contribution in [3.05, 3.63) is 91.9 Å². The molecule has 1 amide bonds. The number of hydrogen-bond acceptors (Lipinski definition) is 3. The summed E-state index contributed by atoms with van der Waals surface area (Å²) in [5.41, 5.74) is 11.1. The lowest BCUT2D eigenvalue weighted by molar-refractivity contribution is 0.0720. The van der Waals surface area contributed by atoms with E-state index in [1.807, 2.05) is 67.3 Å². The molecule has 2 N–H and O–H groups in total. The summed E-state index contributed by atoms with van der Waals surface area (Å²) in [6.07, 6.45) is 0. The number of benzene rings is 3. The normalized spacial score (nSPS) is 16.3. The minimum Gasteiger partial charge on any atom is -0.399 e. The SMILES string of the molecule is Cc1cc(N)cc(C)c1C(=O)N1CCN(c2ccc(Cl)cc2Cl)[C@H](c2ccc(Cl)cc2)C1. The third-order valence-electron chi connectivity index (χ3n) is 5.91. The molecule has 0 aliphatic carbocycles. The molecule has 1 heterocycles. The van der Waals surface area contributed by atoms with Gasteiger partial charge < -0.3 is 15.5 Å². The van der Waals surface area contributed by atoms with Gasteiger partial charge in [-0.15, -0.1) is 0 Å². The number of nitrogens with two attached hydrogens (primary N) is 1. The minimum atomic E-state index is -0.0852. The number of anilines is 2. The van der Waals surface area contributed by atoms with Crippen LogP contribution in [0.1, 0.15) is 33.1 Å². The third-order valence-corrected chi connectivity index (χ3v) is 6.70. The number of hydrogen-bond donors (Lipinski definition) is 1. The minimum absolute atomic E-state index is 0.0146. The third kappa shape index (κ3) is 4.54. The van der Waals surface area contributed by atoms with E-state index in [2.05, 4.69) is 4.90 Å². The lowest BCUT2D eigenvalue weighted by atomic mass is 9.97. The van der Waals surface area contributed by atoms with Gasteiger partial charge in [-0.05, 0) is 73.0 Å². The van der Waals surface area contributed by atoms with E-state index < -0.39 is 0 Å². The quantitative estimate of drug-likeness (QED) is 0.425. The average molecular weight is 489 g/mol. The molecule has 0 unspecified atom stereocenters. The Labute approximate surface area is 203 Å². The zero-order chi connectivity index (χ0) is 23.0. The highest BCUT2D eigenvalue weighted by atomic mass is 35.5. The maximum absolute atomic E-state index is 13.5. The molecule has 1 aliphatic heterocycles. The number of carbonyl (C=O) groups excluding carboxylic acids is 1. The van der Waals surface area contributed by atoms with E-state index in [1.54, 1.807) is 6.07 Å². The highest BCUT2D eigenvalue weighted by molar-refractivity contribution is 6.36. The van der Waals surface area contributed by atoms with Crippen LogP contribution in [0.3, 0.4) is 0 Å². The topological polar surface area (TPSA) is 49.6 Å². The first-order valence-electron chi connectivity index (χ1n) is 10.4. The number of nitrogen functional groups attached to an aromatic ring is 1. The fraction of sp³-hybridized carbons (Fsp3) is 0.240. The summed E-state index contributed by atoms with van der Waals surface area (Å²) in [4.78, 5) is 17.7. The molecule has 0 saturated carbocycles. The zero-order valence-corrected chi connectivity index (χ0v) is 20.2. The van der Waals surface area contributed by atoms with Gasteiger partial charge in [0.2, 0.25) is 0 Å². The molecular weight excluding hydrogens is 465 g/mol. The second-order valence-corrected chi connectivity index (χ2v) is 9.42. The summed E-state index contributed by atoms with van der Waals surface area (Å²) >= 11 is 18.8. The molecule has 1 aliphatic rings. The Kier molecular flexibility index (Phi) is 6.57. The number of amides is 1. The molecular formula is C25H24Cl3N3O. The molecule has 4 nitrogen and oxygen atoms in total. The number of rotatable bonds is 3. The van der Waals surface area contributed by atoms with E-state index >= 15 is 0 Å². The van der Waals surface area contributed by atoms with Crippen molar-refractivity contribution in [2.45, 2.75) is 19.9 Å². The maximum Gasteiger partial charge on any atom is 0.254 e. The van der Waals surface area contributed by atoms with Crippen molar-refractivity contribution in [3.63, 3.8) is 0 Å². The molecule has 1 atom stereocenters. The Bertz CT molecular complexity index is 1140. The maximum atomic E-state index is 13.5. The van der Waals surface area contributed by atoms with Gasteiger partial charge in [-0.1, -0.05) is 46.9 Å². The van der Waals surface area contributed by atoms with Crippen LogP contribution in [0.5, 0.6) is 0 Å². The Morgan fingerprint density at radius 1 is 0.906 bits per heavy atom. The standard InChI is InChI=1S/C25H24Cl3N3O/c1-15-11-20(29)12-16(2)24(15)25(32)30-9-10-31(22-8-7-19(27)13-21(22)28)23(14-30)17-3-5-18(26)6-4-17/h3-8,11-13,23H,9-10,14,29H2,1-2H3/t23-/m0/s1. The number of aryl methyl sites for hydroxylation is 2. The van der Waals surface area contributed by atoms with Crippen molar-refractivity contribution < 1.29 is 4.79 Å². The number of nitrogens with zero attached hydrogens (tertiary/aromatic N) is 2. The Morgan fingerprint density at radius 2 is 1.53 bits per heavy atom. The molecule has 166 valence electrons. The van der Waals surface area contributed by atoms with Crippen molar-refractivity contribution >= 4 is 52.1 Å². The fourth-order valence-electron chi connectivity index (χ4n) is 4.43. The predicted molar refractivity (Wildman–Crippen MR) is 134 cm³/mol. The molecule has 3 aromatic carbocycles. The second-order valence-electron chi connectivity index (χ2n) is 8.14. The summed E-state index contributed by atoms with van der Waals surface area (Å²) in [5.74, 6) is 0.0146. The first-order valence-corrected chi connectivity index (χ1v) is 11.5. The largest absolute Gasteiger partial charge is 0.399 e. The predicted octanol–water partition coefficient (Wildman–Crippen LogP) is 6.55. The smallest absolute Gasteiger partial charge is 0.254 e. The Morgan fingerprint density at radius 3 is 2.16 bits per heavy atom. The first-order chi connectivity index (χ1) is 15.2. The van der Waals surface area contributed by atoms with Gasteiger partial charge in [0.25, 0.3) is 5.91 Å². The molecule has 0 radical (unpaired) electrons. The molecule has 3 aromatic rings. The van der Waals surface area contributed by atoms with Gasteiger partial charge in [0.1, 0.15) is 0 Å². The summed E-state index contributed by atoms with van der Waals surface area (Å²) < 4.78 is 0. The van der Waals surface area contributed by atoms with E-state index in [9.17, 15) is 4.79 Å². The first kappa shape index (κ1) is 22.8. The van der Waals surface area contributed by atoms with Crippen LogP contribution in [0.4, 0.5) is 11.4 Å². The van der Waals surface area contributed by atoms with Crippen LogP contribution >= 0.6 is 34.8 Å². The molecule has 4 rings (SSSR count). The Balaban J connectivity index is 1.70. The highest BCUT2D eigenvalue weighted by Crippen LogP contribution is 2.37. The van der Waals surface area contributed by atoms with Crippen LogP contribution in [-0.2, 0) is 0 Å². The summed E-state index contributed by atoms with van der Waals surface area (Å²) in [7, 11) is 0. The van der Waals surface area contributed by atoms with Crippen LogP contribution in [0.2, 0.25) is 15.1 Å². The zero-order valence-electron chi connectivity index (χ0n) is 17.9.